The molecule has 2 aromatic carbocycles. The minimum absolute atomic E-state index is 0.179. The second-order valence-electron chi connectivity index (χ2n) is 6.21. The molecule has 0 aromatic heterocycles. The second kappa shape index (κ2) is 9.11. The fourth-order valence-electron chi connectivity index (χ4n) is 2.79. The molecular formula is C20H26O2Sn. The SMILES string of the molecule is CC(=O)OCCC[CH2][SnH]([c]1ccc(C)cc1)[c]1ccc(C)cc1. The molecule has 0 bridgehead atoms. The van der Waals surface area contributed by atoms with Crippen LogP contribution in [0.25, 0.3) is 0 Å². The van der Waals surface area contributed by atoms with Crippen LogP contribution in [-0.4, -0.2) is 32.3 Å². The minimum atomic E-state index is -2.02. The Hall–Kier alpha value is -1.29. The maximum absolute atomic E-state index is 10.8. The third kappa shape index (κ3) is 6.02. The molecule has 0 fully saturated rings. The van der Waals surface area contributed by atoms with Crippen LogP contribution in [0.3, 0.4) is 0 Å². The van der Waals surface area contributed by atoms with Crippen molar-refractivity contribution < 1.29 is 9.53 Å². The van der Waals surface area contributed by atoms with Gasteiger partial charge in [-0.1, -0.05) is 0 Å². The Morgan fingerprint density at radius 3 is 1.78 bits per heavy atom. The zero-order valence-electron chi connectivity index (χ0n) is 14.3. The molecular weight excluding hydrogens is 391 g/mol. The van der Waals surface area contributed by atoms with E-state index < -0.39 is 19.8 Å². The summed E-state index contributed by atoms with van der Waals surface area (Å²) in [6.07, 6.45) is 2.10. The van der Waals surface area contributed by atoms with E-state index in [0.29, 0.717) is 6.61 Å². The van der Waals surface area contributed by atoms with E-state index >= 15 is 0 Å². The molecule has 0 N–H and O–H groups in total. The number of hydrogen-bond donors (Lipinski definition) is 0. The Kier molecular flexibility index (Phi) is 7.15. The summed E-state index contributed by atoms with van der Waals surface area (Å²) in [5.74, 6) is -0.179. The number of unbranched alkanes of at least 4 members (excludes halogenated alkanes) is 1. The fourth-order valence-corrected chi connectivity index (χ4v) is 11.5. The van der Waals surface area contributed by atoms with Gasteiger partial charge in [0.05, 0.1) is 0 Å². The molecule has 2 aromatic rings. The first kappa shape index (κ1) is 18.1. The van der Waals surface area contributed by atoms with Crippen LogP contribution < -0.4 is 7.16 Å². The first-order chi connectivity index (χ1) is 11.1. The Morgan fingerprint density at radius 1 is 0.870 bits per heavy atom. The summed E-state index contributed by atoms with van der Waals surface area (Å²) >= 11 is -2.02. The summed E-state index contributed by atoms with van der Waals surface area (Å²) < 4.78 is 9.45. The average molecular weight is 417 g/mol. The molecule has 2 nitrogen and oxygen atoms in total. The van der Waals surface area contributed by atoms with Crippen molar-refractivity contribution in [3.8, 4) is 0 Å². The van der Waals surface area contributed by atoms with E-state index in [4.69, 9.17) is 4.74 Å². The van der Waals surface area contributed by atoms with Gasteiger partial charge in [-0.25, -0.2) is 0 Å². The normalized spacial score (nSPS) is 10.8. The molecule has 0 heterocycles. The topological polar surface area (TPSA) is 26.3 Å². The van der Waals surface area contributed by atoms with Gasteiger partial charge >= 0.3 is 147 Å². The average Bonchev–Trinajstić information content (AvgIpc) is 2.53. The van der Waals surface area contributed by atoms with Gasteiger partial charge in [0.15, 0.2) is 0 Å². The van der Waals surface area contributed by atoms with Crippen LogP contribution >= 0.6 is 0 Å². The van der Waals surface area contributed by atoms with Crippen LogP contribution in [0, 0.1) is 13.8 Å². The summed E-state index contributed by atoms with van der Waals surface area (Å²) in [4.78, 5) is 10.8. The van der Waals surface area contributed by atoms with Gasteiger partial charge in [0, 0.05) is 0 Å². The summed E-state index contributed by atoms with van der Waals surface area (Å²) in [5, 5.41) is 0. The molecule has 0 radical (unpaired) electrons. The maximum atomic E-state index is 10.8. The van der Waals surface area contributed by atoms with Gasteiger partial charge in [-0.15, -0.1) is 0 Å². The second-order valence-corrected chi connectivity index (χ2v) is 14.8. The Morgan fingerprint density at radius 2 is 1.35 bits per heavy atom. The molecule has 0 atom stereocenters. The van der Waals surface area contributed by atoms with E-state index in [9.17, 15) is 4.79 Å². The van der Waals surface area contributed by atoms with Crippen molar-refractivity contribution in [2.45, 2.75) is 38.0 Å². The van der Waals surface area contributed by atoms with Gasteiger partial charge in [0.1, 0.15) is 0 Å². The quantitative estimate of drug-likeness (QED) is 0.394. The molecule has 0 aliphatic carbocycles. The van der Waals surface area contributed by atoms with Crippen molar-refractivity contribution in [1.82, 2.24) is 0 Å². The monoisotopic (exact) mass is 418 g/mol. The molecule has 0 aliphatic heterocycles. The van der Waals surface area contributed by atoms with Crippen molar-refractivity contribution in [3.63, 3.8) is 0 Å². The summed E-state index contributed by atoms with van der Waals surface area (Å²) in [7, 11) is 0. The van der Waals surface area contributed by atoms with Gasteiger partial charge < -0.3 is 0 Å². The Bertz CT molecular complexity index is 572. The summed E-state index contributed by atoms with van der Waals surface area (Å²) in [5.41, 5.74) is 2.63. The van der Waals surface area contributed by atoms with Gasteiger partial charge in [-0.2, -0.15) is 0 Å². The Labute approximate surface area is 146 Å². The number of ether oxygens (including phenoxy) is 1. The molecule has 0 saturated heterocycles. The molecule has 122 valence electrons. The zero-order chi connectivity index (χ0) is 16.7. The van der Waals surface area contributed by atoms with Crippen molar-refractivity contribution in [2.24, 2.45) is 0 Å². The number of carbonyl (C=O) groups excluding carboxylic acids is 1. The van der Waals surface area contributed by atoms with E-state index in [-0.39, 0.29) is 5.97 Å². The molecule has 0 saturated carbocycles. The van der Waals surface area contributed by atoms with Crippen molar-refractivity contribution in [3.05, 3.63) is 59.7 Å². The van der Waals surface area contributed by atoms with Crippen molar-refractivity contribution >= 4 is 32.9 Å². The predicted octanol–water partition coefficient (Wildman–Crippen LogP) is 2.99. The number of rotatable bonds is 7. The fraction of sp³-hybridized carbons (Fsp3) is 0.350. The first-order valence-corrected chi connectivity index (χ1v) is 14.0. The van der Waals surface area contributed by atoms with E-state index in [1.807, 2.05) is 0 Å². The zero-order valence-corrected chi connectivity index (χ0v) is 17.6. The molecule has 2 rings (SSSR count). The van der Waals surface area contributed by atoms with Crippen LogP contribution in [-0.2, 0) is 9.53 Å². The number of esters is 1. The first-order valence-electron chi connectivity index (χ1n) is 8.33. The van der Waals surface area contributed by atoms with E-state index in [1.54, 1.807) is 7.16 Å². The molecule has 23 heavy (non-hydrogen) atoms. The Balaban J connectivity index is 2.07. The third-order valence-corrected chi connectivity index (χ3v) is 13.8. The molecule has 3 heteroatoms. The van der Waals surface area contributed by atoms with Gasteiger partial charge in [0.2, 0.25) is 0 Å². The van der Waals surface area contributed by atoms with Gasteiger partial charge in [-0.05, 0) is 0 Å². The molecule has 0 aliphatic rings. The van der Waals surface area contributed by atoms with Gasteiger partial charge in [0.25, 0.3) is 0 Å². The standard InChI is InChI=1S/2C7H7.C6H11O2.Sn.H/c2*1-7-5-3-2-4-6-7;1-3-4-5-8-6(2)7;;/h2*3-6H,1H3;1,3-5H2,2H3;;. The molecule has 0 unspecified atom stereocenters. The van der Waals surface area contributed by atoms with Gasteiger partial charge in [-0.3, -0.25) is 0 Å². The third-order valence-electron chi connectivity index (χ3n) is 4.15. The van der Waals surface area contributed by atoms with Crippen LogP contribution in [0.1, 0.15) is 30.9 Å². The van der Waals surface area contributed by atoms with Crippen LogP contribution in [0.5, 0.6) is 0 Å². The predicted molar refractivity (Wildman–Crippen MR) is 99.4 cm³/mol. The van der Waals surface area contributed by atoms with Crippen LogP contribution in [0.15, 0.2) is 48.5 Å². The number of benzene rings is 2. The molecule has 0 spiro atoms. The van der Waals surface area contributed by atoms with E-state index in [2.05, 4.69) is 62.4 Å². The number of aryl methyl sites for hydroxylation is 2. The van der Waals surface area contributed by atoms with Crippen molar-refractivity contribution in [2.75, 3.05) is 6.61 Å². The van der Waals surface area contributed by atoms with Crippen LogP contribution in [0.2, 0.25) is 4.44 Å². The summed E-state index contributed by atoms with van der Waals surface area (Å²) in [6.45, 7) is 6.30. The number of carbonyl (C=O) groups is 1. The number of hydrogen-bond acceptors (Lipinski definition) is 2. The summed E-state index contributed by atoms with van der Waals surface area (Å²) in [6, 6.07) is 18.2. The molecule has 0 amide bonds. The van der Waals surface area contributed by atoms with Crippen molar-refractivity contribution in [1.29, 1.82) is 0 Å². The van der Waals surface area contributed by atoms with Crippen LogP contribution in [0.4, 0.5) is 0 Å². The van der Waals surface area contributed by atoms with E-state index in [0.717, 1.165) is 12.8 Å². The van der Waals surface area contributed by atoms with E-state index in [1.165, 1.54) is 22.5 Å².